The van der Waals surface area contributed by atoms with Crippen LogP contribution in [0.5, 0.6) is 0 Å². The molecule has 0 unspecified atom stereocenters. The van der Waals surface area contributed by atoms with Gasteiger partial charge in [-0.25, -0.2) is 4.39 Å². The minimum absolute atomic E-state index is 0.135. The number of rotatable bonds is 4. The number of piperazine rings is 1. The van der Waals surface area contributed by atoms with E-state index in [-0.39, 0.29) is 23.5 Å². The number of halogens is 1. The molecule has 0 radical (unpaired) electrons. The molecule has 6 heteroatoms. The standard InChI is InChI=1S/C22H32FN3O2/c1-15-11-16(2)14-26(13-15)22(28)17(3)24-7-9-25(10-8-24)21-6-5-19(18(4)27)12-20(21)23/h5-6,12,15-17H,7-11,13-14H2,1-4H3/t15-,16+,17-/m0/s1. The number of benzene rings is 1. The summed E-state index contributed by atoms with van der Waals surface area (Å²) in [5.74, 6) is 0.824. The monoisotopic (exact) mass is 389 g/mol. The van der Waals surface area contributed by atoms with Crippen LogP contribution in [0.1, 0.15) is 44.5 Å². The van der Waals surface area contributed by atoms with E-state index in [2.05, 4.69) is 18.7 Å². The molecule has 2 aliphatic heterocycles. The molecule has 0 N–H and O–H groups in total. The Kier molecular flexibility index (Phi) is 6.38. The van der Waals surface area contributed by atoms with E-state index in [1.807, 2.05) is 16.7 Å². The van der Waals surface area contributed by atoms with E-state index in [0.29, 0.717) is 36.2 Å². The number of amides is 1. The summed E-state index contributed by atoms with van der Waals surface area (Å²) in [6.07, 6.45) is 1.19. The molecule has 1 aromatic carbocycles. The first kappa shape index (κ1) is 20.8. The summed E-state index contributed by atoms with van der Waals surface area (Å²) in [4.78, 5) is 30.6. The van der Waals surface area contributed by atoms with Crippen molar-refractivity contribution >= 4 is 17.4 Å². The van der Waals surface area contributed by atoms with Crippen LogP contribution in [-0.2, 0) is 4.79 Å². The highest BCUT2D eigenvalue weighted by Gasteiger charge is 2.32. The Morgan fingerprint density at radius 3 is 2.21 bits per heavy atom. The predicted octanol–water partition coefficient (Wildman–Crippen LogP) is 3.04. The maximum absolute atomic E-state index is 14.4. The number of piperidine rings is 1. The lowest BCUT2D eigenvalue weighted by Gasteiger charge is -2.42. The minimum atomic E-state index is -0.360. The van der Waals surface area contributed by atoms with Crippen LogP contribution in [0.2, 0.25) is 0 Å². The van der Waals surface area contributed by atoms with Crippen molar-refractivity contribution in [3.63, 3.8) is 0 Å². The molecular formula is C22H32FN3O2. The molecule has 154 valence electrons. The normalized spacial score (nSPS) is 24.9. The summed E-state index contributed by atoms with van der Waals surface area (Å²) < 4.78 is 14.4. The molecule has 2 saturated heterocycles. The molecule has 0 spiro atoms. The van der Waals surface area contributed by atoms with E-state index < -0.39 is 0 Å². The Bertz CT molecular complexity index is 720. The van der Waals surface area contributed by atoms with Crippen molar-refractivity contribution in [2.75, 3.05) is 44.2 Å². The predicted molar refractivity (Wildman–Crippen MR) is 109 cm³/mol. The number of carbonyl (C=O) groups excluding carboxylic acids is 2. The van der Waals surface area contributed by atoms with Crippen LogP contribution in [0.3, 0.4) is 0 Å². The van der Waals surface area contributed by atoms with Gasteiger partial charge in [-0.15, -0.1) is 0 Å². The Labute approximate surface area is 167 Å². The van der Waals surface area contributed by atoms with Gasteiger partial charge in [-0.3, -0.25) is 14.5 Å². The van der Waals surface area contributed by atoms with Gasteiger partial charge in [0.2, 0.25) is 5.91 Å². The van der Waals surface area contributed by atoms with Crippen LogP contribution in [0.25, 0.3) is 0 Å². The third-order valence-corrected chi connectivity index (χ3v) is 6.09. The number of ketones is 1. The van der Waals surface area contributed by atoms with E-state index in [1.54, 1.807) is 12.1 Å². The lowest BCUT2D eigenvalue weighted by Crippen LogP contribution is -2.56. The summed E-state index contributed by atoms with van der Waals surface area (Å²) in [5.41, 5.74) is 0.923. The van der Waals surface area contributed by atoms with E-state index in [0.717, 1.165) is 26.2 Å². The molecule has 0 aliphatic carbocycles. The highest BCUT2D eigenvalue weighted by Crippen LogP contribution is 2.25. The molecule has 1 aromatic rings. The maximum Gasteiger partial charge on any atom is 0.239 e. The quantitative estimate of drug-likeness (QED) is 0.743. The molecule has 5 nitrogen and oxygen atoms in total. The van der Waals surface area contributed by atoms with Crippen molar-refractivity contribution in [3.8, 4) is 0 Å². The zero-order valence-electron chi connectivity index (χ0n) is 17.4. The van der Waals surface area contributed by atoms with E-state index in [1.165, 1.54) is 19.4 Å². The summed E-state index contributed by atoms with van der Waals surface area (Å²) in [6, 6.07) is 4.53. The summed E-state index contributed by atoms with van der Waals surface area (Å²) >= 11 is 0. The van der Waals surface area contributed by atoms with E-state index >= 15 is 0 Å². The van der Waals surface area contributed by atoms with Crippen molar-refractivity contribution in [2.24, 2.45) is 11.8 Å². The smallest absolute Gasteiger partial charge is 0.239 e. The van der Waals surface area contributed by atoms with Crippen LogP contribution in [0.15, 0.2) is 18.2 Å². The van der Waals surface area contributed by atoms with Gasteiger partial charge in [0.05, 0.1) is 11.7 Å². The fourth-order valence-corrected chi connectivity index (χ4v) is 4.60. The molecule has 1 amide bonds. The van der Waals surface area contributed by atoms with Gasteiger partial charge >= 0.3 is 0 Å². The topological polar surface area (TPSA) is 43.9 Å². The Morgan fingerprint density at radius 1 is 1.07 bits per heavy atom. The second-order valence-electron chi connectivity index (χ2n) is 8.61. The van der Waals surface area contributed by atoms with Gasteiger partial charge in [-0.1, -0.05) is 13.8 Å². The Morgan fingerprint density at radius 2 is 1.68 bits per heavy atom. The zero-order valence-corrected chi connectivity index (χ0v) is 17.4. The van der Waals surface area contributed by atoms with Gasteiger partial charge in [-0.2, -0.15) is 0 Å². The summed E-state index contributed by atoms with van der Waals surface area (Å²) in [5, 5.41) is 0. The van der Waals surface area contributed by atoms with Crippen LogP contribution in [0, 0.1) is 17.7 Å². The van der Waals surface area contributed by atoms with Crippen LogP contribution in [0.4, 0.5) is 10.1 Å². The fraction of sp³-hybridized carbons (Fsp3) is 0.636. The SMILES string of the molecule is CC(=O)c1ccc(N2CCN([C@@H](C)C(=O)N3C[C@H](C)C[C@H](C)C3)CC2)c(F)c1. The average Bonchev–Trinajstić information content (AvgIpc) is 2.66. The number of nitrogens with zero attached hydrogens (tertiary/aromatic N) is 3. The van der Waals surface area contributed by atoms with Crippen LogP contribution in [-0.4, -0.2) is 66.8 Å². The lowest BCUT2D eigenvalue weighted by molar-refractivity contribution is -0.139. The number of carbonyl (C=O) groups is 2. The van der Waals surface area contributed by atoms with Gasteiger partial charge in [0.1, 0.15) is 5.82 Å². The second kappa shape index (κ2) is 8.60. The summed E-state index contributed by atoms with van der Waals surface area (Å²) in [6.45, 7) is 12.3. The fourth-order valence-electron chi connectivity index (χ4n) is 4.60. The molecule has 0 bridgehead atoms. The molecule has 0 saturated carbocycles. The van der Waals surface area contributed by atoms with E-state index in [4.69, 9.17) is 0 Å². The van der Waals surface area contributed by atoms with Gasteiger partial charge in [-0.05, 0) is 50.3 Å². The molecule has 2 heterocycles. The molecule has 2 fully saturated rings. The maximum atomic E-state index is 14.4. The number of anilines is 1. The Balaban J connectivity index is 1.59. The largest absolute Gasteiger partial charge is 0.367 e. The zero-order chi connectivity index (χ0) is 20.4. The van der Waals surface area contributed by atoms with Crippen molar-refractivity contribution < 1.29 is 14.0 Å². The number of Topliss-reactive ketones (excluding diaryl/α,β-unsaturated/α-hetero) is 1. The van der Waals surface area contributed by atoms with Gasteiger partial charge in [0.25, 0.3) is 0 Å². The number of likely N-dealkylation sites (tertiary alicyclic amines) is 1. The first-order valence-corrected chi connectivity index (χ1v) is 10.3. The molecule has 28 heavy (non-hydrogen) atoms. The summed E-state index contributed by atoms with van der Waals surface area (Å²) in [7, 11) is 0. The van der Waals surface area contributed by atoms with Crippen molar-refractivity contribution in [1.82, 2.24) is 9.80 Å². The van der Waals surface area contributed by atoms with E-state index in [9.17, 15) is 14.0 Å². The van der Waals surface area contributed by atoms with Gasteiger partial charge < -0.3 is 9.80 Å². The highest BCUT2D eigenvalue weighted by molar-refractivity contribution is 5.94. The molecular weight excluding hydrogens is 357 g/mol. The van der Waals surface area contributed by atoms with Gasteiger partial charge in [0.15, 0.2) is 5.78 Å². The van der Waals surface area contributed by atoms with Crippen LogP contribution >= 0.6 is 0 Å². The lowest BCUT2D eigenvalue weighted by atomic mass is 9.91. The third-order valence-electron chi connectivity index (χ3n) is 6.09. The number of hydrogen-bond acceptors (Lipinski definition) is 4. The molecule has 0 aromatic heterocycles. The first-order valence-electron chi connectivity index (χ1n) is 10.3. The van der Waals surface area contributed by atoms with Crippen molar-refractivity contribution in [1.29, 1.82) is 0 Å². The molecule has 3 rings (SSSR count). The Hall–Kier alpha value is -1.95. The third kappa shape index (κ3) is 4.54. The van der Waals surface area contributed by atoms with Gasteiger partial charge in [0, 0.05) is 44.8 Å². The molecule has 3 atom stereocenters. The average molecular weight is 390 g/mol. The highest BCUT2D eigenvalue weighted by atomic mass is 19.1. The molecule has 2 aliphatic rings. The van der Waals surface area contributed by atoms with Crippen molar-refractivity contribution in [2.45, 2.75) is 40.2 Å². The number of hydrogen-bond donors (Lipinski definition) is 0. The van der Waals surface area contributed by atoms with Crippen molar-refractivity contribution in [3.05, 3.63) is 29.6 Å². The minimum Gasteiger partial charge on any atom is -0.367 e. The first-order chi connectivity index (χ1) is 13.3. The second-order valence-corrected chi connectivity index (χ2v) is 8.61. The van der Waals surface area contributed by atoms with Crippen LogP contribution < -0.4 is 4.90 Å².